The molecule has 7 heteroatoms. The summed E-state index contributed by atoms with van der Waals surface area (Å²) >= 11 is 5.67. The van der Waals surface area contributed by atoms with Crippen LogP contribution < -0.4 is 5.32 Å². The standard InChI is InChI=1S/C11H11ClN2O4/c1-6-8(2-3-9(12)14-6)13-5-4-7(10(15)16)11(17)18/h2-5,7,13H,1H3,(H,15,16)(H,17,18). The van der Waals surface area contributed by atoms with Gasteiger partial charge in [-0.2, -0.15) is 0 Å². The van der Waals surface area contributed by atoms with Gasteiger partial charge in [0.15, 0.2) is 5.92 Å². The topological polar surface area (TPSA) is 99.5 Å². The minimum atomic E-state index is -1.59. The van der Waals surface area contributed by atoms with Crippen LogP contribution in [0, 0.1) is 12.8 Å². The Morgan fingerprint density at radius 1 is 1.39 bits per heavy atom. The molecule has 1 aromatic heterocycles. The zero-order chi connectivity index (χ0) is 13.7. The van der Waals surface area contributed by atoms with Crippen LogP contribution >= 0.6 is 11.6 Å². The molecular weight excluding hydrogens is 260 g/mol. The van der Waals surface area contributed by atoms with Crippen molar-refractivity contribution >= 4 is 29.2 Å². The van der Waals surface area contributed by atoms with Crippen molar-refractivity contribution in [1.82, 2.24) is 4.98 Å². The summed E-state index contributed by atoms with van der Waals surface area (Å²) in [5.74, 6) is -4.43. The van der Waals surface area contributed by atoms with E-state index in [1.54, 1.807) is 19.1 Å². The van der Waals surface area contributed by atoms with E-state index in [9.17, 15) is 9.59 Å². The van der Waals surface area contributed by atoms with E-state index >= 15 is 0 Å². The Morgan fingerprint density at radius 3 is 2.50 bits per heavy atom. The van der Waals surface area contributed by atoms with Gasteiger partial charge in [-0.05, 0) is 31.3 Å². The normalized spacial score (nSPS) is 10.8. The minimum Gasteiger partial charge on any atom is -0.480 e. The second-order valence-corrected chi connectivity index (χ2v) is 3.81. The van der Waals surface area contributed by atoms with Gasteiger partial charge in [0, 0.05) is 0 Å². The van der Waals surface area contributed by atoms with Crippen molar-refractivity contribution < 1.29 is 19.8 Å². The summed E-state index contributed by atoms with van der Waals surface area (Å²) in [5, 5.41) is 20.4. The Morgan fingerprint density at radius 2 is 2.00 bits per heavy atom. The molecule has 0 aliphatic heterocycles. The molecule has 18 heavy (non-hydrogen) atoms. The van der Waals surface area contributed by atoms with Crippen molar-refractivity contribution in [2.45, 2.75) is 6.92 Å². The van der Waals surface area contributed by atoms with Crippen molar-refractivity contribution in [1.29, 1.82) is 0 Å². The minimum absolute atomic E-state index is 0.343. The number of nitrogens with one attached hydrogen (secondary N) is 1. The molecule has 6 nitrogen and oxygen atoms in total. The lowest BCUT2D eigenvalue weighted by Gasteiger charge is -2.05. The number of nitrogens with zero attached hydrogens (tertiary/aromatic N) is 1. The van der Waals surface area contributed by atoms with Crippen LogP contribution in [0.25, 0.3) is 0 Å². The van der Waals surface area contributed by atoms with Crippen LogP contribution in [0.5, 0.6) is 0 Å². The molecule has 0 aromatic carbocycles. The molecular formula is C11H11ClN2O4. The third kappa shape index (κ3) is 3.74. The second kappa shape index (κ2) is 6.02. The van der Waals surface area contributed by atoms with Crippen molar-refractivity contribution in [3.63, 3.8) is 0 Å². The molecule has 0 radical (unpaired) electrons. The average Bonchev–Trinajstić information content (AvgIpc) is 2.25. The van der Waals surface area contributed by atoms with Gasteiger partial charge >= 0.3 is 11.9 Å². The Balaban J connectivity index is 2.75. The molecule has 3 N–H and O–H groups in total. The van der Waals surface area contributed by atoms with Crippen LogP contribution in [0.3, 0.4) is 0 Å². The number of carboxylic acid groups (broad SMARTS) is 2. The first kappa shape index (κ1) is 14.0. The maximum atomic E-state index is 10.6. The van der Waals surface area contributed by atoms with Crippen LogP contribution in [0.15, 0.2) is 24.4 Å². The first-order valence-corrected chi connectivity index (χ1v) is 5.31. The van der Waals surface area contributed by atoms with Crippen LogP contribution in [0.4, 0.5) is 5.69 Å². The second-order valence-electron chi connectivity index (χ2n) is 3.42. The zero-order valence-corrected chi connectivity index (χ0v) is 10.2. The highest BCUT2D eigenvalue weighted by Gasteiger charge is 2.21. The summed E-state index contributed by atoms with van der Waals surface area (Å²) in [4.78, 5) is 25.2. The smallest absolute Gasteiger partial charge is 0.321 e. The number of halogens is 1. The first-order valence-electron chi connectivity index (χ1n) is 4.94. The van der Waals surface area contributed by atoms with Crippen LogP contribution in [-0.4, -0.2) is 27.1 Å². The van der Waals surface area contributed by atoms with Gasteiger partial charge in [0.1, 0.15) is 5.15 Å². The molecule has 0 bridgehead atoms. The number of anilines is 1. The van der Waals surface area contributed by atoms with Gasteiger partial charge in [0.2, 0.25) is 0 Å². The number of rotatable bonds is 5. The number of pyridine rings is 1. The van der Waals surface area contributed by atoms with Gasteiger partial charge in [-0.3, -0.25) is 9.59 Å². The molecule has 96 valence electrons. The predicted molar refractivity (Wildman–Crippen MR) is 65.5 cm³/mol. The van der Waals surface area contributed by atoms with Crippen molar-refractivity contribution in [3.8, 4) is 0 Å². The molecule has 0 saturated heterocycles. The molecule has 0 fully saturated rings. The van der Waals surface area contributed by atoms with Gasteiger partial charge in [0.05, 0.1) is 11.4 Å². The third-order valence-electron chi connectivity index (χ3n) is 2.11. The van der Waals surface area contributed by atoms with Gasteiger partial charge in [0.25, 0.3) is 0 Å². The lowest BCUT2D eigenvalue weighted by atomic mass is 10.1. The number of aryl methyl sites for hydroxylation is 1. The van der Waals surface area contributed by atoms with E-state index in [0.717, 1.165) is 6.08 Å². The quantitative estimate of drug-likeness (QED) is 0.557. The van der Waals surface area contributed by atoms with Gasteiger partial charge < -0.3 is 15.5 Å². The highest BCUT2D eigenvalue weighted by Crippen LogP contribution is 2.15. The van der Waals surface area contributed by atoms with E-state index in [-0.39, 0.29) is 0 Å². The maximum Gasteiger partial charge on any atom is 0.321 e. The van der Waals surface area contributed by atoms with E-state index in [2.05, 4.69) is 10.3 Å². The third-order valence-corrected chi connectivity index (χ3v) is 2.32. The summed E-state index contributed by atoms with van der Waals surface area (Å²) in [7, 11) is 0. The molecule has 0 spiro atoms. The Kier molecular flexibility index (Phi) is 4.67. The summed E-state index contributed by atoms with van der Waals surface area (Å²) < 4.78 is 0. The number of carbonyl (C=O) groups is 2. The number of aromatic nitrogens is 1. The van der Waals surface area contributed by atoms with E-state index < -0.39 is 17.9 Å². The van der Waals surface area contributed by atoms with Gasteiger partial charge in [-0.1, -0.05) is 11.6 Å². The molecule has 0 atom stereocenters. The highest BCUT2D eigenvalue weighted by molar-refractivity contribution is 6.29. The summed E-state index contributed by atoms with van der Waals surface area (Å²) in [6.45, 7) is 1.72. The van der Waals surface area contributed by atoms with Gasteiger partial charge in [-0.25, -0.2) is 4.98 Å². The SMILES string of the molecule is Cc1nc(Cl)ccc1NC=CC(C(=O)O)C(=O)O. The van der Waals surface area contributed by atoms with E-state index in [1.165, 1.54) is 6.20 Å². The Bertz CT molecular complexity index is 488. The zero-order valence-electron chi connectivity index (χ0n) is 9.42. The molecule has 0 unspecified atom stereocenters. The molecule has 0 amide bonds. The first-order chi connectivity index (χ1) is 8.41. The molecule has 1 rings (SSSR count). The van der Waals surface area contributed by atoms with Crippen molar-refractivity contribution in [2.75, 3.05) is 5.32 Å². The molecule has 0 aliphatic rings. The molecule has 1 aromatic rings. The largest absolute Gasteiger partial charge is 0.480 e. The number of aliphatic carboxylic acids is 2. The fraction of sp³-hybridized carbons (Fsp3) is 0.182. The monoisotopic (exact) mass is 270 g/mol. The summed E-state index contributed by atoms with van der Waals surface area (Å²) in [5.41, 5.74) is 1.24. The average molecular weight is 271 g/mol. The van der Waals surface area contributed by atoms with Crippen LogP contribution in [-0.2, 0) is 9.59 Å². The Labute approximate surface area is 108 Å². The van der Waals surface area contributed by atoms with E-state index in [0.29, 0.717) is 16.5 Å². The Hall–Kier alpha value is -2.08. The van der Waals surface area contributed by atoms with Gasteiger partial charge in [-0.15, -0.1) is 0 Å². The van der Waals surface area contributed by atoms with Crippen LogP contribution in [0.2, 0.25) is 5.15 Å². The predicted octanol–water partition coefficient (Wildman–Crippen LogP) is 1.75. The molecule has 1 heterocycles. The summed E-state index contributed by atoms with van der Waals surface area (Å²) in [6.07, 6.45) is 2.30. The summed E-state index contributed by atoms with van der Waals surface area (Å²) in [6, 6.07) is 3.22. The number of hydrogen-bond donors (Lipinski definition) is 3. The number of carboxylic acids is 2. The fourth-order valence-corrected chi connectivity index (χ4v) is 1.38. The highest BCUT2D eigenvalue weighted by atomic mass is 35.5. The lowest BCUT2D eigenvalue weighted by Crippen LogP contribution is -2.21. The molecule has 0 aliphatic carbocycles. The fourth-order valence-electron chi connectivity index (χ4n) is 1.19. The van der Waals surface area contributed by atoms with Crippen molar-refractivity contribution in [3.05, 3.63) is 35.3 Å². The van der Waals surface area contributed by atoms with E-state index in [1.807, 2.05) is 0 Å². The molecule has 0 saturated carbocycles. The van der Waals surface area contributed by atoms with Crippen LogP contribution in [0.1, 0.15) is 5.69 Å². The van der Waals surface area contributed by atoms with E-state index in [4.69, 9.17) is 21.8 Å². The number of hydrogen-bond acceptors (Lipinski definition) is 4. The van der Waals surface area contributed by atoms with Crippen molar-refractivity contribution in [2.24, 2.45) is 5.92 Å². The lowest BCUT2D eigenvalue weighted by molar-refractivity contribution is -0.151. The maximum absolute atomic E-state index is 10.6.